The van der Waals surface area contributed by atoms with Gasteiger partial charge in [-0.2, -0.15) is 0 Å². The molecule has 1 aromatic carbocycles. The summed E-state index contributed by atoms with van der Waals surface area (Å²) in [6.45, 7) is 4.54. The van der Waals surface area contributed by atoms with E-state index in [2.05, 4.69) is 5.32 Å². The number of hydrogen-bond donors (Lipinski definition) is 1. The Balaban J connectivity index is 2.58. The van der Waals surface area contributed by atoms with E-state index in [1.165, 1.54) is 7.11 Å². The molecular weight excluding hydrogens is 230 g/mol. The van der Waals surface area contributed by atoms with Crippen LogP contribution in [0.4, 0.5) is 0 Å². The van der Waals surface area contributed by atoms with E-state index in [0.29, 0.717) is 13.2 Å². The van der Waals surface area contributed by atoms with Crippen LogP contribution >= 0.6 is 0 Å². The highest BCUT2D eigenvalue weighted by Crippen LogP contribution is 2.09. The van der Waals surface area contributed by atoms with E-state index >= 15 is 0 Å². The Hall–Kier alpha value is -1.39. The monoisotopic (exact) mass is 251 g/mol. The molecule has 4 nitrogen and oxygen atoms in total. The fourth-order valence-electron chi connectivity index (χ4n) is 1.48. The Morgan fingerprint density at radius 1 is 1.28 bits per heavy atom. The summed E-state index contributed by atoms with van der Waals surface area (Å²) < 4.78 is 10.2. The predicted molar refractivity (Wildman–Crippen MR) is 70.1 cm³/mol. The van der Waals surface area contributed by atoms with Gasteiger partial charge in [-0.1, -0.05) is 24.3 Å². The van der Waals surface area contributed by atoms with Gasteiger partial charge in [0.1, 0.15) is 5.60 Å². The van der Waals surface area contributed by atoms with Gasteiger partial charge in [-0.05, 0) is 25.0 Å². The summed E-state index contributed by atoms with van der Waals surface area (Å²) in [5, 5.41) is 2.85. The Morgan fingerprint density at radius 2 is 1.94 bits per heavy atom. The van der Waals surface area contributed by atoms with Crippen LogP contribution in [0, 0.1) is 0 Å². The van der Waals surface area contributed by atoms with Crippen LogP contribution < -0.4 is 5.32 Å². The lowest BCUT2D eigenvalue weighted by Gasteiger charge is -2.21. The largest absolute Gasteiger partial charge is 0.380 e. The van der Waals surface area contributed by atoms with Crippen LogP contribution in [-0.4, -0.2) is 25.7 Å². The van der Waals surface area contributed by atoms with Gasteiger partial charge in [-0.25, -0.2) is 0 Å². The quantitative estimate of drug-likeness (QED) is 0.839. The number of ether oxygens (including phenoxy) is 2. The Morgan fingerprint density at radius 3 is 2.56 bits per heavy atom. The molecule has 0 heterocycles. The highest BCUT2D eigenvalue weighted by molar-refractivity contribution is 5.84. The summed E-state index contributed by atoms with van der Waals surface area (Å²) in [6.07, 6.45) is 0. The molecule has 0 saturated heterocycles. The van der Waals surface area contributed by atoms with Gasteiger partial charge in [0.2, 0.25) is 0 Å². The molecule has 0 saturated carbocycles. The van der Waals surface area contributed by atoms with Crippen molar-refractivity contribution in [1.82, 2.24) is 5.32 Å². The lowest BCUT2D eigenvalue weighted by Crippen LogP contribution is -2.43. The third-order valence-corrected chi connectivity index (χ3v) is 2.81. The topological polar surface area (TPSA) is 47.6 Å². The number of nitrogens with one attached hydrogen (secondary N) is 1. The van der Waals surface area contributed by atoms with Gasteiger partial charge in [-0.3, -0.25) is 4.79 Å². The molecular formula is C14H21NO3. The number of benzene rings is 1. The van der Waals surface area contributed by atoms with Crippen molar-refractivity contribution in [2.45, 2.75) is 32.6 Å². The smallest absolute Gasteiger partial charge is 0.251 e. The summed E-state index contributed by atoms with van der Waals surface area (Å²) in [4.78, 5) is 11.8. The lowest BCUT2D eigenvalue weighted by atomic mass is 10.1. The highest BCUT2D eigenvalue weighted by Gasteiger charge is 2.26. The van der Waals surface area contributed by atoms with Crippen molar-refractivity contribution in [2.24, 2.45) is 0 Å². The van der Waals surface area contributed by atoms with E-state index in [1.54, 1.807) is 21.0 Å². The fraction of sp³-hybridized carbons (Fsp3) is 0.500. The molecule has 1 amide bonds. The first kappa shape index (κ1) is 14.7. The second kappa shape index (κ2) is 6.52. The van der Waals surface area contributed by atoms with Crippen LogP contribution in [0.25, 0.3) is 0 Å². The first-order valence-corrected chi connectivity index (χ1v) is 5.90. The molecule has 1 aromatic rings. The van der Waals surface area contributed by atoms with Crippen LogP contribution in [0.15, 0.2) is 24.3 Å². The molecule has 100 valence electrons. The van der Waals surface area contributed by atoms with E-state index in [0.717, 1.165) is 11.1 Å². The Labute approximate surface area is 108 Å². The zero-order valence-corrected chi connectivity index (χ0v) is 11.4. The molecule has 1 rings (SSSR count). The van der Waals surface area contributed by atoms with Gasteiger partial charge in [0, 0.05) is 20.8 Å². The van der Waals surface area contributed by atoms with E-state index in [4.69, 9.17) is 9.47 Å². The van der Waals surface area contributed by atoms with Gasteiger partial charge in [-0.15, -0.1) is 0 Å². The number of carbonyl (C=O) groups is 1. The third-order valence-electron chi connectivity index (χ3n) is 2.81. The first-order chi connectivity index (χ1) is 8.49. The molecule has 1 N–H and O–H groups in total. The van der Waals surface area contributed by atoms with Crippen molar-refractivity contribution in [2.75, 3.05) is 14.2 Å². The average molecular weight is 251 g/mol. The summed E-state index contributed by atoms with van der Waals surface area (Å²) >= 11 is 0. The normalized spacial score (nSPS) is 11.3. The zero-order chi connectivity index (χ0) is 13.6. The summed E-state index contributed by atoms with van der Waals surface area (Å²) in [5.74, 6) is -0.123. The van der Waals surface area contributed by atoms with E-state index < -0.39 is 5.60 Å². The minimum atomic E-state index is -0.801. The zero-order valence-electron chi connectivity index (χ0n) is 11.4. The number of methoxy groups -OCH3 is 2. The minimum Gasteiger partial charge on any atom is -0.380 e. The number of carbonyl (C=O) groups excluding carboxylic acids is 1. The van der Waals surface area contributed by atoms with Gasteiger partial charge in [0.05, 0.1) is 6.61 Å². The Bertz CT molecular complexity index is 402. The number of amides is 1. The van der Waals surface area contributed by atoms with Gasteiger partial charge >= 0.3 is 0 Å². The highest BCUT2D eigenvalue weighted by atomic mass is 16.5. The molecule has 0 spiro atoms. The summed E-state index contributed by atoms with van der Waals surface area (Å²) in [5.41, 5.74) is 1.34. The molecule has 0 unspecified atom stereocenters. The van der Waals surface area contributed by atoms with Crippen molar-refractivity contribution in [3.8, 4) is 0 Å². The van der Waals surface area contributed by atoms with Crippen LogP contribution in [0.2, 0.25) is 0 Å². The van der Waals surface area contributed by atoms with Crippen LogP contribution in [0.1, 0.15) is 25.0 Å². The van der Waals surface area contributed by atoms with Crippen molar-refractivity contribution in [3.05, 3.63) is 35.4 Å². The molecule has 0 aliphatic rings. The molecule has 0 aliphatic heterocycles. The fourth-order valence-corrected chi connectivity index (χ4v) is 1.48. The van der Waals surface area contributed by atoms with E-state index in [1.807, 2.05) is 24.3 Å². The molecule has 0 fully saturated rings. The van der Waals surface area contributed by atoms with Crippen molar-refractivity contribution in [3.63, 3.8) is 0 Å². The molecule has 18 heavy (non-hydrogen) atoms. The van der Waals surface area contributed by atoms with Crippen molar-refractivity contribution < 1.29 is 14.3 Å². The second-order valence-electron chi connectivity index (χ2n) is 4.65. The molecule has 0 bridgehead atoms. The minimum absolute atomic E-state index is 0.123. The standard InChI is InChI=1S/C14H21NO3/c1-14(2,18-4)13(16)15-9-11-6-5-7-12(8-11)10-17-3/h5-8H,9-10H2,1-4H3,(H,15,16). The summed E-state index contributed by atoms with van der Waals surface area (Å²) in [6, 6.07) is 7.94. The second-order valence-corrected chi connectivity index (χ2v) is 4.65. The van der Waals surface area contributed by atoms with Crippen LogP contribution in [0.3, 0.4) is 0 Å². The van der Waals surface area contributed by atoms with Crippen molar-refractivity contribution >= 4 is 5.91 Å². The SMILES string of the molecule is COCc1cccc(CNC(=O)C(C)(C)OC)c1. The van der Waals surface area contributed by atoms with E-state index in [-0.39, 0.29) is 5.91 Å². The Kier molecular flexibility index (Phi) is 5.31. The molecule has 0 aromatic heterocycles. The maximum atomic E-state index is 11.8. The third kappa shape index (κ3) is 4.13. The molecule has 4 heteroatoms. The lowest BCUT2D eigenvalue weighted by molar-refractivity contribution is -0.139. The summed E-state index contributed by atoms with van der Waals surface area (Å²) in [7, 11) is 3.19. The molecule has 0 radical (unpaired) electrons. The van der Waals surface area contributed by atoms with Gasteiger partial charge in [0.25, 0.3) is 5.91 Å². The molecule has 0 atom stereocenters. The predicted octanol–water partition coefficient (Wildman–Crippen LogP) is 1.87. The van der Waals surface area contributed by atoms with Crippen LogP contribution in [-0.2, 0) is 27.4 Å². The number of rotatable bonds is 6. The maximum absolute atomic E-state index is 11.8. The first-order valence-electron chi connectivity index (χ1n) is 5.90. The average Bonchev–Trinajstić information content (AvgIpc) is 2.36. The van der Waals surface area contributed by atoms with Gasteiger partial charge < -0.3 is 14.8 Å². The maximum Gasteiger partial charge on any atom is 0.251 e. The van der Waals surface area contributed by atoms with Gasteiger partial charge in [0.15, 0.2) is 0 Å². The number of hydrogen-bond acceptors (Lipinski definition) is 3. The van der Waals surface area contributed by atoms with E-state index in [9.17, 15) is 4.79 Å². The molecule has 0 aliphatic carbocycles. The van der Waals surface area contributed by atoms with Crippen molar-refractivity contribution in [1.29, 1.82) is 0 Å². The van der Waals surface area contributed by atoms with Crippen LogP contribution in [0.5, 0.6) is 0 Å².